The fourth-order valence-corrected chi connectivity index (χ4v) is 3.77. The van der Waals surface area contributed by atoms with Gasteiger partial charge in [-0.15, -0.1) is 0 Å². The van der Waals surface area contributed by atoms with Gasteiger partial charge in [-0.3, -0.25) is 5.41 Å². The molecule has 3 rings (SSSR count). The van der Waals surface area contributed by atoms with Crippen molar-refractivity contribution in [1.82, 2.24) is 10.2 Å². The first-order chi connectivity index (χ1) is 14.1. The molecule has 1 saturated heterocycles. The topological polar surface area (TPSA) is 60.4 Å². The Bertz CT molecular complexity index is 791. The van der Waals surface area contributed by atoms with E-state index in [1.807, 2.05) is 18.2 Å². The third-order valence-corrected chi connectivity index (χ3v) is 5.49. The number of nitrogens with zero attached hydrogens (tertiary/aromatic N) is 1. The summed E-state index contributed by atoms with van der Waals surface area (Å²) in [6.07, 6.45) is 2.11. The summed E-state index contributed by atoms with van der Waals surface area (Å²) >= 11 is 0. The van der Waals surface area contributed by atoms with Gasteiger partial charge < -0.3 is 20.3 Å². The molecule has 29 heavy (non-hydrogen) atoms. The van der Waals surface area contributed by atoms with Gasteiger partial charge in [-0.25, -0.2) is 0 Å². The lowest BCUT2D eigenvalue weighted by molar-refractivity contribution is 0.182. The predicted octanol–water partition coefficient (Wildman–Crippen LogP) is 4.58. The minimum atomic E-state index is 0.401. The molecular weight excluding hydrogens is 360 g/mol. The summed E-state index contributed by atoms with van der Waals surface area (Å²) < 4.78 is 5.19. The van der Waals surface area contributed by atoms with Crippen molar-refractivity contribution in [2.75, 3.05) is 38.7 Å². The Morgan fingerprint density at radius 3 is 2.76 bits per heavy atom. The first-order valence-corrected chi connectivity index (χ1v) is 10.6. The highest BCUT2D eigenvalue weighted by Crippen LogP contribution is 2.27. The SMILES string of the molecule is COCCCC1CN(C(=N)c2cc(C(C)C)ccc2Nc2ccccc2)CCN1. The van der Waals surface area contributed by atoms with Crippen LogP contribution in [0.2, 0.25) is 0 Å². The second-order valence-electron chi connectivity index (χ2n) is 8.03. The van der Waals surface area contributed by atoms with Crippen molar-refractivity contribution in [2.24, 2.45) is 0 Å². The number of para-hydroxylation sites is 1. The van der Waals surface area contributed by atoms with Gasteiger partial charge in [0.2, 0.25) is 0 Å². The average Bonchev–Trinajstić information content (AvgIpc) is 2.74. The summed E-state index contributed by atoms with van der Waals surface area (Å²) in [4.78, 5) is 2.21. The van der Waals surface area contributed by atoms with Crippen LogP contribution in [-0.2, 0) is 4.74 Å². The van der Waals surface area contributed by atoms with Gasteiger partial charge in [0.05, 0.1) is 0 Å². The van der Waals surface area contributed by atoms with Crippen LogP contribution in [0, 0.1) is 5.41 Å². The Labute approximate surface area is 175 Å². The summed E-state index contributed by atoms with van der Waals surface area (Å²) in [5, 5.41) is 16.1. The second-order valence-corrected chi connectivity index (χ2v) is 8.03. The summed E-state index contributed by atoms with van der Waals surface area (Å²) in [5.74, 6) is 1.03. The zero-order valence-electron chi connectivity index (χ0n) is 17.9. The van der Waals surface area contributed by atoms with Crippen molar-refractivity contribution in [3.05, 3.63) is 59.7 Å². The first kappa shape index (κ1) is 21.3. The van der Waals surface area contributed by atoms with Crippen LogP contribution < -0.4 is 10.6 Å². The molecule has 1 heterocycles. The molecule has 2 aromatic rings. The van der Waals surface area contributed by atoms with Crippen molar-refractivity contribution < 1.29 is 4.74 Å². The number of benzene rings is 2. The Kier molecular flexibility index (Phi) is 7.67. The number of rotatable bonds is 8. The molecule has 3 N–H and O–H groups in total. The number of hydrogen-bond donors (Lipinski definition) is 3. The highest BCUT2D eigenvalue weighted by Gasteiger charge is 2.23. The number of hydrogen-bond acceptors (Lipinski definition) is 4. The third kappa shape index (κ3) is 5.81. The lowest BCUT2D eigenvalue weighted by Crippen LogP contribution is -2.52. The summed E-state index contributed by atoms with van der Waals surface area (Å²) in [6, 6.07) is 17.0. The Balaban J connectivity index is 1.80. The van der Waals surface area contributed by atoms with Gasteiger partial charge >= 0.3 is 0 Å². The van der Waals surface area contributed by atoms with Crippen molar-refractivity contribution in [3.8, 4) is 0 Å². The van der Waals surface area contributed by atoms with Crippen molar-refractivity contribution >= 4 is 17.2 Å². The Morgan fingerprint density at radius 1 is 1.24 bits per heavy atom. The maximum atomic E-state index is 9.01. The van der Waals surface area contributed by atoms with E-state index in [0.29, 0.717) is 17.8 Å². The lowest BCUT2D eigenvalue weighted by atomic mass is 9.98. The van der Waals surface area contributed by atoms with Gasteiger partial charge in [0.1, 0.15) is 5.84 Å². The molecule has 0 spiro atoms. The smallest absolute Gasteiger partial charge is 0.130 e. The van der Waals surface area contributed by atoms with Crippen LogP contribution in [0.4, 0.5) is 11.4 Å². The summed E-state index contributed by atoms with van der Waals surface area (Å²) in [6.45, 7) is 7.81. The minimum absolute atomic E-state index is 0.401. The van der Waals surface area contributed by atoms with Crippen LogP contribution in [0.3, 0.4) is 0 Å². The molecule has 1 aliphatic rings. The normalized spacial score (nSPS) is 16.8. The third-order valence-electron chi connectivity index (χ3n) is 5.49. The van der Waals surface area contributed by atoms with Crippen LogP contribution in [0.15, 0.2) is 48.5 Å². The van der Waals surface area contributed by atoms with E-state index in [4.69, 9.17) is 10.1 Å². The van der Waals surface area contributed by atoms with Gasteiger partial charge in [-0.1, -0.05) is 38.1 Å². The zero-order valence-corrected chi connectivity index (χ0v) is 17.9. The molecule has 2 aromatic carbocycles. The lowest BCUT2D eigenvalue weighted by Gasteiger charge is -2.36. The number of piperazine rings is 1. The van der Waals surface area contributed by atoms with Crippen LogP contribution in [0.25, 0.3) is 0 Å². The summed E-state index contributed by atoms with van der Waals surface area (Å²) in [7, 11) is 1.75. The molecule has 1 atom stereocenters. The van der Waals surface area contributed by atoms with E-state index in [9.17, 15) is 0 Å². The minimum Gasteiger partial charge on any atom is -0.385 e. The van der Waals surface area contributed by atoms with Gasteiger partial charge in [-0.2, -0.15) is 0 Å². The van der Waals surface area contributed by atoms with E-state index in [1.165, 1.54) is 5.56 Å². The van der Waals surface area contributed by atoms with Gasteiger partial charge in [0.25, 0.3) is 0 Å². The molecular formula is C24H34N4O. The molecule has 0 bridgehead atoms. The summed E-state index contributed by atoms with van der Waals surface area (Å²) in [5.41, 5.74) is 4.25. The Hall–Kier alpha value is -2.37. The average molecular weight is 395 g/mol. The van der Waals surface area contributed by atoms with E-state index in [2.05, 4.69) is 59.7 Å². The van der Waals surface area contributed by atoms with Gasteiger partial charge in [0.15, 0.2) is 0 Å². The zero-order chi connectivity index (χ0) is 20.6. The maximum absolute atomic E-state index is 9.01. The Morgan fingerprint density at radius 2 is 2.03 bits per heavy atom. The molecule has 1 aliphatic heterocycles. The number of methoxy groups -OCH3 is 1. The molecule has 156 valence electrons. The molecule has 0 aromatic heterocycles. The standard InChI is InChI=1S/C24H34N4O/c1-18(2)19-11-12-23(27-20-8-5-4-6-9-20)22(16-19)24(25)28-14-13-26-21(17-28)10-7-15-29-3/h4-6,8-9,11-12,16,18,21,25-27H,7,10,13-15,17H2,1-3H3. The number of anilines is 2. The highest BCUT2D eigenvalue weighted by atomic mass is 16.5. The maximum Gasteiger partial charge on any atom is 0.130 e. The molecule has 0 radical (unpaired) electrons. The molecule has 0 aliphatic carbocycles. The van der Waals surface area contributed by atoms with Crippen LogP contribution in [0.1, 0.15) is 43.7 Å². The van der Waals surface area contributed by atoms with E-state index < -0.39 is 0 Å². The van der Waals surface area contributed by atoms with Gasteiger partial charge in [-0.05, 0) is 48.6 Å². The van der Waals surface area contributed by atoms with Crippen LogP contribution in [-0.4, -0.2) is 50.1 Å². The molecule has 1 fully saturated rings. The van der Waals surface area contributed by atoms with Gasteiger partial charge in [0, 0.05) is 56.3 Å². The molecule has 5 heteroatoms. The number of amidine groups is 1. The van der Waals surface area contributed by atoms with Crippen molar-refractivity contribution in [2.45, 2.75) is 38.6 Å². The molecule has 0 amide bonds. The quantitative estimate of drug-likeness (QED) is 0.348. The highest BCUT2D eigenvalue weighted by molar-refractivity contribution is 6.02. The number of nitrogens with one attached hydrogen (secondary N) is 3. The number of ether oxygens (including phenoxy) is 1. The van der Waals surface area contributed by atoms with Crippen molar-refractivity contribution in [3.63, 3.8) is 0 Å². The van der Waals surface area contributed by atoms with E-state index in [-0.39, 0.29) is 0 Å². The molecule has 5 nitrogen and oxygen atoms in total. The van der Waals surface area contributed by atoms with E-state index in [0.717, 1.165) is 56.0 Å². The molecule has 1 unspecified atom stereocenters. The van der Waals surface area contributed by atoms with Crippen molar-refractivity contribution in [1.29, 1.82) is 5.41 Å². The molecule has 0 saturated carbocycles. The van der Waals surface area contributed by atoms with E-state index in [1.54, 1.807) is 7.11 Å². The largest absolute Gasteiger partial charge is 0.385 e. The second kappa shape index (κ2) is 10.4. The van der Waals surface area contributed by atoms with Crippen LogP contribution >= 0.6 is 0 Å². The fourth-order valence-electron chi connectivity index (χ4n) is 3.77. The predicted molar refractivity (Wildman–Crippen MR) is 122 cm³/mol. The van der Waals surface area contributed by atoms with Crippen LogP contribution in [0.5, 0.6) is 0 Å². The fraction of sp³-hybridized carbons (Fsp3) is 0.458. The van der Waals surface area contributed by atoms with E-state index >= 15 is 0 Å². The monoisotopic (exact) mass is 394 g/mol. The first-order valence-electron chi connectivity index (χ1n) is 10.6.